The molecule has 0 spiro atoms. The van der Waals surface area contributed by atoms with Gasteiger partial charge in [0.1, 0.15) is 29.8 Å². The lowest BCUT2D eigenvalue weighted by Crippen LogP contribution is -2.55. The minimum absolute atomic E-state index is 0.0209. The summed E-state index contributed by atoms with van der Waals surface area (Å²) < 4.78 is 43.7. The zero-order chi connectivity index (χ0) is 38.6. The van der Waals surface area contributed by atoms with Crippen LogP contribution in [0.1, 0.15) is 45.4 Å². The van der Waals surface area contributed by atoms with Gasteiger partial charge in [0.25, 0.3) is 0 Å². The third-order valence-corrected chi connectivity index (χ3v) is 13.0. The summed E-state index contributed by atoms with van der Waals surface area (Å²) >= 11 is 6.66. The molecule has 0 unspecified atom stereocenters. The normalized spacial score (nSPS) is 27.3. The zero-order valence-corrected chi connectivity index (χ0v) is 32.2. The second-order valence-corrected chi connectivity index (χ2v) is 16.4. The third-order valence-electron chi connectivity index (χ3n) is 12.7. The van der Waals surface area contributed by atoms with Gasteiger partial charge in [0.2, 0.25) is 5.91 Å². The van der Waals surface area contributed by atoms with Crippen LogP contribution in [0.3, 0.4) is 0 Å². The van der Waals surface area contributed by atoms with Crippen LogP contribution in [-0.4, -0.2) is 124 Å². The lowest BCUT2D eigenvalue weighted by molar-refractivity contribution is -0.128. The van der Waals surface area contributed by atoms with E-state index in [1.165, 1.54) is 0 Å². The maximum Gasteiger partial charge on any atom is 0.319 e. The number of piperazine rings is 1. The summed E-state index contributed by atoms with van der Waals surface area (Å²) in [4.78, 5) is 36.2. The van der Waals surface area contributed by atoms with Crippen LogP contribution in [0.4, 0.5) is 14.6 Å². The summed E-state index contributed by atoms with van der Waals surface area (Å²) in [6.07, 6.45) is 8.66. The molecule has 5 aliphatic rings. The molecule has 292 valence electrons. The molecular weight excluding hydrogens is 738 g/mol. The van der Waals surface area contributed by atoms with Crippen LogP contribution in [-0.2, 0) is 9.53 Å². The number of aromatic nitrogens is 3. The molecule has 4 aromatic rings. The van der Waals surface area contributed by atoms with E-state index >= 15 is 4.39 Å². The lowest BCUT2D eigenvalue weighted by Gasteiger charge is -2.41. The van der Waals surface area contributed by atoms with E-state index < -0.39 is 23.6 Å². The number of morpholine rings is 1. The minimum atomic E-state index is -0.936. The van der Waals surface area contributed by atoms with Gasteiger partial charge in [-0.3, -0.25) is 19.6 Å². The topological polar surface area (TPSA) is 111 Å². The number of hydrogen-bond donors (Lipinski definition) is 0. The molecule has 14 heteroatoms. The van der Waals surface area contributed by atoms with Gasteiger partial charge in [0.15, 0.2) is 5.82 Å². The predicted octanol–water partition coefficient (Wildman–Crippen LogP) is 6.33. The monoisotopic (exact) mass is 782 g/mol. The molecule has 11 nitrogen and oxygen atoms in total. The first-order chi connectivity index (χ1) is 27.2. The van der Waals surface area contributed by atoms with E-state index in [-0.39, 0.29) is 48.7 Å². The maximum absolute atomic E-state index is 17.0. The molecule has 0 aliphatic carbocycles. The average molecular weight is 783 g/mol. The van der Waals surface area contributed by atoms with Crippen molar-refractivity contribution in [3.05, 3.63) is 65.6 Å². The number of halogens is 3. The van der Waals surface area contributed by atoms with E-state index in [0.717, 1.165) is 50.8 Å². The van der Waals surface area contributed by atoms with Crippen LogP contribution in [0.15, 0.2) is 54.7 Å². The molecule has 2 bridgehead atoms. The van der Waals surface area contributed by atoms with Crippen LogP contribution >= 0.6 is 11.6 Å². The highest BCUT2D eigenvalue weighted by Crippen LogP contribution is 2.42. The number of nitriles is 1. The molecule has 6 atom stereocenters. The molecule has 0 radical (unpaired) electrons. The third kappa shape index (κ3) is 6.64. The first-order valence-electron chi connectivity index (χ1n) is 19.7. The Morgan fingerprint density at radius 1 is 1.14 bits per heavy atom. The Labute approximate surface area is 329 Å². The van der Waals surface area contributed by atoms with Gasteiger partial charge in [0.05, 0.1) is 42.7 Å². The van der Waals surface area contributed by atoms with Gasteiger partial charge in [-0.2, -0.15) is 15.2 Å². The van der Waals surface area contributed by atoms with E-state index in [9.17, 15) is 14.4 Å². The predicted molar refractivity (Wildman–Crippen MR) is 210 cm³/mol. The van der Waals surface area contributed by atoms with E-state index in [1.807, 2.05) is 35.2 Å². The minimum Gasteiger partial charge on any atom is -0.461 e. The summed E-state index contributed by atoms with van der Waals surface area (Å²) in [5.74, 6) is -0.399. The van der Waals surface area contributed by atoms with Crippen molar-refractivity contribution in [3.63, 3.8) is 0 Å². The summed E-state index contributed by atoms with van der Waals surface area (Å²) in [5.41, 5.74) is 0.183. The molecule has 56 heavy (non-hydrogen) atoms. The number of hydrogen-bond acceptors (Lipinski definition) is 10. The largest absolute Gasteiger partial charge is 0.461 e. The number of anilines is 1. The Morgan fingerprint density at radius 2 is 1.95 bits per heavy atom. The van der Waals surface area contributed by atoms with Crippen LogP contribution in [0, 0.1) is 17.1 Å². The van der Waals surface area contributed by atoms with E-state index in [1.54, 1.807) is 29.3 Å². The number of amides is 1. The Bertz CT molecular complexity index is 2220. The fraction of sp³-hybridized carbons (Fsp3) is 0.500. The smallest absolute Gasteiger partial charge is 0.319 e. The fourth-order valence-electron chi connectivity index (χ4n) is 10.0. The standard InChI is InChI=1S/C42H45ClF2N8O3/c1-26(53-30-10-11-31(53)24-55-23-30)9-12-35(54)52-18-17-50(22-29(52)13-15-46)40-33-20-47-38(32-7-2-5-27-6-3-8-34(43)36(27)32)37(45)39(33)48-41(49-40)56-25-42-14-4-16-51(42)21-28(44)19-42/h2-3,5-9,12,20,26,28-31H,4,10-11,13-14,16-19,21-25H2,1H3/b12-9+/t26-,28+,29-,30-,31+,42-/m0/s1. The van der Waals surface area contributed by atoms with Gasteiger partial charge in [-0.05, 0) is 50.6 Å². The van der Waals surface area contributed by atoms with E-state index in [4.69, 9.17) is 26.1 Å². The highest BCUT2D eigenvalue weighted by atomic mass is 35.5. The first-order valence-corrected chi connectivity index (χ1v) is 20.1. The van der Waals surface area contributed by atoms with Gasteiger partial charge >= 0.3 is 6.01 Å². The Kier molecular flexibility index (Phi) is 10.0. The number of carbonyl (C=O) groups is 1. The SMILES string of the molecule is C[C@@H](/C=C/C(=O)N1CCN(c2nc(OC[C@@]34CCCN3C[C@H](F)C4)nc3c(F)c(-c4cccc5cccc(Cl)c45)ncc23)C[C@@H]1CC#N)N1[C@@H]2CC[C@H]1COC2. The van der Waals surface area contributed by atoms with E-state index in [2.05, 4.69) is 32.8 Å². The Balaban J connectivity index is 1.04. The van der Waals surface area contributed by atoms with Crippen molar-refractivity contribution in [2.75, 3.05) is 57.4 Å². The second kappa shape index (κ2) is 15.1. The van der Waals surface area contributed by atoms with Crippen molar-refractivity contribution in [1.82, 2.24) is 29.7 Å². The molecular formula is C42H45ClF2N8O3. The molecule has 2 aromatic heterocycles. The first kappa shape index (κ1) is 37.1. The number of ether oxygens (including phenoxy) is 2. The van der Waals surface area contributed by atoms with Crippen LogP contribution in [0.5, 0.6) is 6.01 Å². The molecule has 1 amide bonds. The Hall–Kier alpha value is -4.48. The second-order valence-electron chi connectivity index (χ2n) is 16.0. The van der Waals surface area contributed by atoms with Crippen molar-refractivity contribution in [2.24, 2.45) is 0 Å². The summed E-state index contributed by atoms with van der Waals surface area (Å²) in [6.45, 7) is 5.88. The van der Waals surface area contributed by atoms with Crippen molar-refractivity contribution in [1.29, 1.82) is 5.26 Å². The van der Waals surface area contributed by atoms with Crippen molar-refractivity contribution in [3.8, 4) is 23.3 Å². The number of carbonyl (C=O) groups excluding carboxylic acids is 1. The summed E-state index contributed by atoms with van der Waals surface area (Å²) in [6, 6.07) is 13.7. The number of pyridine rings is 1. The van der Waals surface area contributed by atoms with Gasteiger partial charge < -0.3 is 19.3 Å². The maximum atomic E-state index is 17.0. The molecule has 7 heterocycles. The van der Waals surface area contributed by atoms with Gasteiger partial charge in [-0.15, -0.1) is 0 Å². The quantitative estimate of drug-likeness (QED) is 0.179. The lowest BCUT2D eigenvalue weighted by atomic mass is 9.95. The average Bonchev–Trinajstić information content (AvgIpc) is 3.82. The number of benzene rings is 2. The molecule has 2 aromatic carbocycles. The molecule has 0 saturated carbocycles. The van der Waals surface area contributed by atoms with Gasteiger partial charge in [-0.25, -0.2) is 8.78 Å². The van der Waals surface area contributed by atoms with Gasteiger partial charge in [0, 0.05) is 79.0 Å². The van der Waals surface area contributed by atoms with Crippen molar-refractivity contribution < 1.29 is 23.0 Å². The molecule has 5 fully saturated rings. The molecule has 9 rings (SSSR count). The van der Waals surface area contributed by atoms with Crippen LogP contribution in [0.2, 0.25) is 5.02 Å². The number of nitrogens with zero attached hydrogens (tertiary/aromatic N) is 8. The number of alkyl halides is 1. The summed E-state index contributed by atoms with van der Waals surface area (Å²) in [7, 11) is 0. The van der Waals surface area contributed by atoms with Gasteiger partial charge in [-0.1, -0.05) is 48.0 Å². The number of fused-ring (bicyclic) bond motifs is 5. The zero-order valence-electron chi connectivity index (χ0n) is 31.4. The summed E-state index contributed by atoms with van der Waals surface area (Å²) in [5, 5.41) is 12.3. The van der Waals surface area contributed by atoms with Crippen molar-refractivity contribution >= 4 is 45.0 Å². The van der Waals surface area contributed by atoms with E-state index in [0.29, 0.717) is 65.3 Å². The van der Waals surface area contributed by atoms with Crippen LogP contribution in [0.25, 0.3) is 32.9 Å². The molecule has 0 N–H and O–H groups in total. The molecule has 5 saturated heterocycles. The Morgan fingerprint density at radius 3 is 2.75 bits per heavy atom. The highest BCUT2D eigenvalue weighted by Gasteiger charge is 2.49. The number of rotatable bonds is 9. The van der Waals surface area contributed by atoms with Crippen molar-refractivity contribution in [2.45, 2.75) is 81.3 Å². The van der Waals surface area contributed by atoms with Crippen LogP contribution < -0.4 is 9.64 Å². The highest BCUT2D eigenvalue weighted by molar-refractivity contribution is 6.36. The fourth-order valence-corrected chi connectivity index (χ4v) is 10.3. The molecule has 5 aliphatic heterocycles.